The summed E-state index contributed by atoms with van der Waals surface area (Å²) >= 11 is 0. The molecule has 3 aliphatic heterocycles. The molecule has 1 saturated carbocycles. The third-order valence-electron chi connectivity index (χ3n) is 13.0. The van der Waals surface area contributed by atoms with Crippen molar-refractivity contribution in [3.05, 3.63) is 65.4 Å². The summed E-state index contributed by atoms with van der Waals surface area (Å²) < 4.78 is 42.2. The van der Waals surface area contributed by atoms with Crippen molar-refractivity contribution in [3.63, 3.8) is 0 Å². The third-order valence-corrected chi connectivity index (χ3v) is 14.9. The molecule has 1 unspecified atom stereocenters. The van der Waals surface area contributed by atoms with Gasteiger partial charge >= 0.3 is 6.03 Å². The van der Waals surface area contributed by atoms with E-state index in [1.165, 1.54) is 4.31 Å². The number of urea groups is 1. The van der Waals surface area contributed by atoms with Crippen LogP contribution in [0.2, 0.25) is 0 Å². The molecular formula is C47H60N10O10S. The standard InChI is InChI=1S/C47H60N10O10S/c1-2-3-20-48-46-50-30-37-41(53-57(42(37)52-46)33-12-14-34(58)15-13-33)32-10-16-35(17-11-32)68(64,65)55-24-22-54(23-25-55)47(63)49-21-29-67-28-6-27-66-26-5-8-31-7-4-9-36-40(31)45(62)56(44(36)61)38-18-19-39(59)51-43(38)60/h4,7,9-11,16-17,30,33-34,38,58H,2-3,5-6,8,12-15,18-29H2,1H3,(H,49,63)(H,48,50,52)(H,51,59,60). The monoisotopic (exact) mass is 956 g/mol. The summed E-state index contributed by atoms with van der Waals surface area (Å²) in [6.45, 7) is 5.53. The fourth-order valence-corrected chi connectivity index (χ4v) is 10.6. The molecule has 0 bridgehead atoms. The van der Waals surface area contributed by atoms with Gasteiger partial charge in [-0.25, -0.2) is 22.9 Å². The molecule has 364 valence electrons. The number of aliphatic hydroxyl groups excluding tert-OH is 1. The van der Waals surface area contributed by atoms with Crippen LogP contribution in [0.3, 0.4) is 0 Å². The summed E-state index contributed by atoms with van der Waals surface area (Å²) in [5.74, 6) is -1.58. The number of anilines is 1. The maximum absolute atomic E-state index is 13.7. The number of carbonyl (C=O) groups is 5. The van der Waals surface area contributed by atoms with Gasteiger partial charge < -0.3 is 30.1 Å². The van der Waals surface area contributed by atoms with E-state index < -0.39 is 39.7 Å². The van der Waals surface area contributed by atoms with E-state index in [1.807, 2.05) is 4.68 Å². The Morgan fingerprint density at radius 2 is 1.60 bits per heavy atom. The lowest BCUT2D eigenvalue weighted by molar-refractivity contribution is -0.136. The van der Waals surface area contributed by atoms with Crippen LogP contribution in [0, 0.1) is 0 Å². The number of carbonyl (C=O) groups excluding carboxylic acids is 5. The first kappa shape index (κ1) is 48.6. The van der Waals surface area contributed by atoms with Crippen molar-refractivity contribution in [2.45, 2.75) is 101 Å². The highest BCUT2D eigenvalue weighted by Crippen LogP contribution is 2.35. The van der Waals surface area contributed by atoms with Crippen LogP contribution in [0.25, 0.3) is 22.3 Å². The quantitative estimate of drug-likeness (QED) is 0.0730. The zero-order valence-corrected chi connectivity index (χ0v) is 39.2. The van der Waals surface area contributed by atoms with Gasteiger partial charge in [-0.1, -0.05) is 37.6 Å². The Bertz CT molecular complexity index is 2590. The number of ether oxygens (including phenoxy) is 2. The molecule has 5 heterocycles. The number of aryl methyl sites for hydroxylation is 1. The number of amides is 6. The molecule has 4 aromatic rings. The molecular weight excluding hydrogens is 897 g/mol. The minimum atomic E-state index is -3.83. The van der Waals surface area contributed by atoms with E-state index in [0.717, 1.165) is 48.1 Å². The number of piperazine rings is 1. The number of imide groups is 2. The number of nitrogens with one attached hydrogen (secondary N) is 3. The molecule has 4 aliphatic rings. The van der Waals surface area contributed by atoms with Crippen LogP contribution < -0.4 is 16.0 Å². The summed E-state index contributed by atoms with van der Waals surface area (Å²) in [5, 5.41) is 24.3. The summed E-state index contributed by atoms with van der Waals surface area (Å²) in [6.07, 6.45) is 8.31. The van der Waals surface area contributed by atoms with Crippen LogP contribution in [0.4, 0.5) is 10.7 Å². The first-order valence-corrected chi connectivity index (χ1v) is 25.2. The van der Waals surface area contributed by atoms with Crippen LogP contribution >= 0.6 is 0 Å². The molecule has 68 heavy (non-hydrogen) atoms. The SMILES string of the molecule is CCCCNc1ncc2c(-c3ccc(S(=O)(=O)N4CCN(C(=O)NCCOCCCOCCCc5cccc6c5C(=O)N(C5CCC(=O)NC5=O)C6=O)CC4)cc3)nn(C3CCC(O)CC3)c2n1. The average molecular weight is 957 g/mol. The molecule has 1 atom stereocenters. The van der Waals surface area contributed by atoms with E-state index in [2.05, 4.69) is 27.9 Å². The third kappa shape index (κ3) is 10.9. The molecule has 2 saturated heterocycles. The van der Waals surface area contributed by atoms with Crippen LogP contribution in [0.15, 0.2) is 53.6 Å². The zero-order valence-electron chi connectivity index (χ0n) is 38.4. The van der Waals surface area contributed by atoms with Crippen LogP contribution in [0.5, 0.6) is 0 Å². The molecule has 2 aromatic heterocycles. The van der Waals surface area contributed by atoms with Crippen molar-refractivity contribution in [2.24, 2.45) is 0 Å². The Hall–Kier alpha value is -5.87. The highest BCUT2D eigenvalue weighted by Gasteiger charge is 2.45. The number of hydrogen-bond donors (Lipinski definition) is 4. The number of nitrogens with zero attached hydrogens (tertiary/aromatic N) is 7. The van der Waals surface area contributed by atoms with Gasteiger partial charge in [0.15, 0.2) is 5.65 Å². The topological polar surface area (TPSA) is 248 Å². The van der Waals surface area contributed by atoms with Crippen molar-refractivity contribution in [3.8, 4) is 11.3 Å². The van der Waals surface area contributed by atoms with Gasteiger partial charge in [0.1, 0.15) is 11.7 Å². The summed E-state index contributed by atoms with van der Waals surface area (Å²) in [6, 6.07) is 10.6. The predicted octanol–water partition coefficient (Wildman–Crippen LogP) is 3.65. The number of hydrogen-bond acceptors (Lipinski definition) is 14. The van der Waals surface area contributed by atoms with Crippen molar-refractivity contribution < 1.29 is 47.0 Å². The van der Waals surface area contributed by atoms with Crippen LogP contribution in [-0.2, 0) is 35.5 Å². The van der Waals surface area contributed by atoms with Gasteiger partial charge in [-0.2, -0.15) is 14.4 Å². The zero-order chi connectivity index (χ0) is 47.8. The molecule has 2 aromatic carbocycles. The lowest BCUT2D eigenvalue weighted by Gasteiger charge is -2.34. The largest absolute Gasteiger partial charge is 0.393 e. The van der Waals surface area contributed by atoms with Gasteiger partial charge in [-0.15, -0.1) is 0 Å². The van der Waals surface area contributed by atoms with E-state index in [4.69, 9.17) is 19.6 Å². The molecule has 4 N–H and O–H groups in total. The molecule has 0 radical (unpaired) electrons. The number of rotatable bonds is 20. The number of sulfonamides is 1. The minimum Gasteiger partial charge on any atom is -0.393 e. The highest BCUT2D eigenvalue weighted by molar-refractivity contribution is 7.89. The summed E-state index contributed by atoms with van der Waals surface area (Å²) in [7, 11) is -3.83. The van der Waals surface area contributed by atoms with Crippen LogP contribution in [-0.4, -0.2) is 155 Å². The van der Waals surface area contributed by atoms with Gasteiger partial charge in [-0.05, 0) is 81.5 Å². The lowest BCUT2D eigenvalue weighted by Crippen LogP contribution is -2.54. The second-order valence-electron chi connectivity index (χ2n) is 17.6. The Morgan fingerprint density at radius 3 is 2.34 bits per heavy atom. The molecule has 8 rings (SSSR count). The second-order valence-corrected chi connectivity index (χ2v) is 19.5. The highest BCUT2D eigenvalue weighted by atomic mass is 32.2. The average Bonchev–Trinajstić information content (AvgIpc) is 3.84. The Balaban J connectivity index is 0.729. The van der Waals surface area contributed by atoms with Gasteiger partial charge in [0, 0.05) is 77.3 Å². The fourth-order valence-electron chi connectivity index (χ4n) is 9.19. The van der Waals surface area contributed by atoms with E-state index in [-0.39, 0.29) is 74.2 Å². The van der Waals surface area contributed by atoms with E-state index >= 15 is 0 Å². The molecule has 6 amide bonds. The summed E-state index contributed by atoms with van der Waals surface area (Å²) in [5.41, 5.74) is 3.36. The minimum absolute atomic E-state index is 0.0600. The fraction of sp³-hybridized carbons (Fsp3) is 0.532. The second kappa shape index (κ2) is 22.0. The number of benzene rings is 2. The normalized spacial score (nSPS) is 20.2. The Labute approximate surface area is 395 Å². The number of piperidine rings is 1. The maximum atomic E-state index is 13.7. The molecule has 0 spiro atoms. The van der Waals surface area contributed by atoms with Crippen LogP contribution in [0.1, 0.15) is 103 Å². The molecule has 1 aliphatic carbocycles. The Kier molecular flexibility index (Phi) is 15.7. The van der Waals surface area contributed by atoms with Gasteiger partial charge in [0.05, 0.1) is 40.2 Å². The maximum Gasteiger partial charge on any atom is 0.317 e. The van der Waals surface area contributed by atoms with Crippen molar-refractivity contribution >= 4 is 56.7 Å². The summed E-state index contributed by atoms with van der Waals surface area (Å²) in [4.78, 5) is 75.4. The Morgan fingerprint density at radius 1 is 0.868 bits per heavy atom. The smallest absolute Gasteiger partial charge is 0.317 e. The van der Waals surface area contributed by atoms with E-state index in [1.54, 1.807) is 53.6 Å². The van der Waals surface area contributed by atoms with E-state index in [9.17, 15) is 37.5 Å². The molecule has 21 heteroatoms. The van der Waals surface area contributed by atoms with Crippen molar-refractivity contribution in [2.75, 3.05) is 71.0 Å². The van der Waals surface area contributed by atoms with E-state index in [0.29, 0.717) is 86.9 Å². The van der Waals surface area contributed by atoms with Crippen molar-refractivity contribution in [1.29, 1.82) is 0 Å². The molecule has 3 fully saturated rings. The number of unbranched alkanes of at least 4 members (excludes halogenated alkanes) is 1. The predicted molar refractivity (Wildman–Crippen MR) is 249 cm³/mol. The number of fused-ring (bicyclic) bond motifs is 2. The number of aliphatic hydroxyl groups is 1. The van der Waals surface area contributed by atoms with Gasteiger partial charge in [0.2, 0.25) is 27.8 Å². The van der Waals surface area contributed by atoms with Gasteiger partial charge in [0.25, 0.3) is 11.8 Å². The first-order chi connectivity index (χ1) is 32.9. The van der Waals surface area contributed by atoms with Gasteiger partial charge in [-0.3, -0.25) is 29.4 Å². The number of aromatic nitrogens is 4. The first-order valence-electron chi connectivity index (χ1n) is 23.7. The molecule has 20 nitrogen and oxygen atoms in total. The van der Waals surface area contributed by atoms with Crippen molar-refractivity contribution in [1.82, 2.24) is 44.5 Å². The lowest BCUT2D eigenvalue weighted by atomic mass is 9.93.